The second-order valence-electron chi connectivity index (χ2n) is 7.95. The van der Waals surface area contributed by atoms with E-state index in [9.17, 15) is 22.6 Å². The van der Waals surface area contributed by atoms with E-state index in [1.54, 1.807) is 0 Å². The molecule has 0 aliphatic rings. The van der Waals surface area contributed by atoms with Gasteiger partial charge in [-0.25, -0.2) is 18.0 Å². The van der Waals surface area contributed by atoms with E-state index >= 15 is 0 Å². The molecule has 0 atom stereocenters. The number of hydrogen-bond acceptors (Lipinski definition) is 7. The minimum atomic E-state index is -4.80. The number of allylic oxidation sites excluding steroid dienone is 4. The first-order valence-corrected chi connectivity index (χ1v) is 13.5. The fourth-order valence-electron chi connectivity index (χ4n) is 3.04. The number of unbranched alkanes of at least 4 members (excludes halogenated alkanes) is 6. The predicted octanol–water partition coefficient (Wildman–Crippen LogP) is 2.96. The molecule has 0 aliphatic heterocycles. The Morgan fingerprint density at radius 2 is 1.23 bits per heavy atom. The molecule has 1 aromatic carbocycles. The number of esters is 2. The van der Waals surface area contributed by atoms with Gasteiger partial charge in [0.1, 0.15) is 10.1 Å². The van der Waals surface area contributed by atoms with E-state index in [0.29, 0.717) is 12.8 Å². The third-order valence-corrected chi connectivity index (χ3v) is 5.79. The largest absolute Gasteiger partial charge is 1.00 e. The van der Waals surface area contributed by atoms with E-state index in [1.807, 2.05) is 0 Å². The molecule has 0 amide bonds. The minimum absolute atomic E-state index is 0. The van der Waals surface area contributed by atoms with Crippen molar-refractivity contribution in [3.63, 3.8) is 0 Å². The number of carbonyl (C=O) groups is 2. The molecule has 0 unspecified atom stereocenters. The molecule has 0 saturated heterocycles. The molecule has 0 spiro atoms. The van der Waals surface area contributed by atoms with Crippen molar-refractivity contribution in [3.8, 4) is 0 Å². The summed E-state index contributed by atoms with van der Waals surface area (Å²) in [6, 6.07) is 3.00. The van der Waals surface area contributed by atoms with Crippen molar-refractivity contribution >= 4 is 22.1 Å². The van der Waals surface area contributed by atoms with Crippen molar-refractivity contribution in [2.75, 3.05) is 13.2 Å². The summed E-state index contributed by atoms with van der Waals surface area (Å²) in [5.41, 5.74) is -0.407. The molecule has 0 heterocycles. The summed E-state index contributed by atoms with van der Waals surface area (Å²) in [5, 5.41) is 0. The van der Waals surface area contributed by atoms with Crippen LogP contribution in [0.1, 0.15) is 98.8 Å². The van der Waals surface area contributed by atoms with E-state index in [4.69, 9.17) is 9.47 Å². The maximum atomic E-state index is 12.6. The average molecular weight is 533 g/mol. The van der Waals surface area contributed by atoms with E-state index in [2.05, 4.69) is 38.2 Å². The Labute approximate surface area is 252 Å². The van der Waals surface area contributed by atoms with Crippen molar-refractivity contribution in [2.45, 2.75) is 83.0 Å². The summed E-state index contributed by atoms with van der Waals surface area (Å²) >= 11 is 0. The first-order valence-electron chi connectivity index (χ1n) is 12.0. The number of benzene rings is 1. The van der Waals surface area contributed by atoms with Crippen LogP contribution in [0.4, 0.5) is 0 Å². The van der Waals surface area contributed by atoms with Crippen molar-refractivity contribution < 1.29 is 83.4 Å². The van der Waals surface area contributed by atoms with Gasteiger partial charge in [-0.05, 0) is 69.6 Å². The average Bonchev–Trinajstić information content (AvgIpc) is 2.81. The van der Waals surface area contributed by atoms with Gasteiger partial charge < -0.3 is 14.0 Å². The first kappa shape index (κ1) is 34.2. The molecule has 0 fully saturated rings. The Kier molecular flexibility index (Phi) is 19.8. The van der Waals surface area contributed by atoms with Gasteiger partial charge in [0.2, 0.25) is 0 Å². The van der Waals surface area contributed by atoms with Crippen LogP contribution in [-0.4, -0.2) is 38.1 Å². The third-order valence-electron chi connectivity index (χ3n) is 4.96. The summed E-state index contributed by atoms with van der Waals surface area (Å²) in [6.07, 6.45) is 17.4. The normalized spacial score (nSPS) is 11.5. The maximum Gasteiger partial charge on any atom is 1.00 e. The zero-order valence-corrected chi connectivity index (χ0v) is 25.2. The van der Waals surface area contributed by atoms with Gasteiger partial charge in [-0.1, -0.05) is 51.0 Å². The summed E-state index contributed by atoms with van der Waals surface area (Å²) in [5.74, 6) is -1.62. The van der Waals surface area contributed by atoms with Crippen molar-refractivity contribution in [3.05, 3.63) is 53.6 Å². The zero-order valence-electron chi connectivity index (χ0n) is 21.3. The smallest absolute Gasteiger partial charge is 0.744 e. The van der Waals surface area contributed by atoms with Crippen LogP contribution in [0.2, 0.25) is 0 Å². The summed E-state index contributed by atoms with van der Waals surface area (Å²) in [6.45, 7) is 4.51. The predicted molar refractivity (Wildman–Crippen MR) is 131 cm³/mol. The molecule has 9 heteroatoms. The van der Waals surface area contributed by atoms with Crippen LogP contribution in [0.5, 0.6) is 0 Å². The number of ether oxygens (including phenoxy) is 2. The van der Waals surface area contributed by atoms with Crippen LogP contribution >= 0.6 is 0 Å². The molecule has 0 bridgehead atoms. The molecule has 0 aromatic heterocycles. The monoisotopic (exact) mass is 532 g/mol. The molecule has 0 aliphatic carbocycles. The van der Waals surface area contributed by atoms with Crippen LogP contribution in [0, 0.1) is 0 Å². The molecule has 7 nitrogen and oxygen atoms in total. The molecular weight excluding hydrogens is 495 g/mol. The minimum Gasteiger partial charge on any atom is -0.744 e. The van der Waals surface area contributed by atoms with E-state index < -0.39 is 27.0 Å². The summed E-state index contributed by atoms with van der Waals surface area (Å²) in [4.78, 5) is 24.5. The Balaban J connectivity index is 0.0000116. The van der Waals surface area contributed by atoms with Crippen LogP contribution in [-0.2, 0) is 19.6 Å². The number of carbonyl (C=O) groups excluding carboxylic acids is 2. The molecule has 0 N–H and O–H groups in total. The quantitative estimate of drug-likeness (QED) is 0.0997. The summed E-state index contributed by atoms with van der Waals surface area (Å²) in [7, 11) is -4.80. The molecule has 190 valence electrons. The Bertz CT molecular complexity index is 924. The maximum absolute atomic E-state index is 12.6. The molecule has 1 rings (SSSR count). The Hall–Kier alpha value is -0.814. The van der Waals surface area contributed by atoms with Gasteiger partial charge in [-0.15, -0.1) is 0 Å². The first-order chi connectivity index (χ1) is 16.3. The SMILES string of the molecule is CCC/C=C/CCCCOC(=O)c1ccc(S(=O)(=O)[O-])cc1C(=O)OCCCC/C=C/CCC.[K+]. The third kappa shape index (κ3) is 15.1. The molecule has 0 radical (unpaired) electrons. The number of rotatable bonds is 17. The summed E-state index contributed by atoms with van der Waals surface area (Å²) < 4.78 is 44.7. The van der Waals surface area contributed by atoms with Crippen LogP contribution in [0.25, 0.3) is 0 Å². The standard InChI is InChI=1S/C26H38O7S.K/c1-3-5-7-9-11-13-15-19-32-25(27)23-18-17-22(34(29,30)31)21-24(23)26(28)33-20-16-14-12-10-8-6-4-2;/h7-10,17-18,21H,3-6,11-16,19-20H2,1-2H3,(H,29,30,31);/q;+1/p-1/b9-7+,10-8+;. The van der Waals surface area contributed by atoms with E-state index in [1.165, 1.54) is 0 Å². The number of hydrogen-bond donors (Lipinski definition) is 0. The van der Waals surface area contributed by atoms with E-state index in [0.717, 1.165) is 69.6 Å². The van der Waals surface area contributed by atoms with Crippen molar-refractivity contribution in [2.24, 2.45) is 0 Å². The molecule has 1 aromatic rings. The Morgan fingerprint density at radius 1 is 0.771 bits per heavy atom. The van der Waals surface area contributed by atoms with Crippen LogP contribution < -0.4 is 51.4 Å². The van der Waals surface area contributed by atoms with Gasteiger partial charge in [0.15, 0.2) is 0 Å². The van der Waals surface area contributed by atoms with Crippen molar-refractivity contribution in [1.82, 2.24) is 0 Å². The fraction of sp³-hybridized carbons (Fsp3) is 0.538. The van der Waals surface area contributed by atoms with Gasteiger partial charge in [0.25, 0.3) is 0 Å². The van der Waals surface area contributed by atoms with Gasteiger partial charge in [0.05, 0.1) is 29.2 Å². The van der Waals surface area contributed by atoms with E-state index in [-0.39, 0.29) is 75.7 Å². The zero-order chi connectivity index (χ0) is 25.2. The fourth-order valence-corrected chi connectivity index (χ4v) is 3.54. The topological polar surface area (TPSA) is 110 Å². The van der Waals surface area contributed by atoms with Gasteiger partial charge in [-0.2, -0.15) is 0 Å². The van der Waals surface area contributed by atoms with Gasteiger partial charge in [0, 0.05) is 0 Å². The second-order valence-corrected chi connectivity index (χ2v) is 9.32. The second kappa shape index (κ2) is 20.3. The molecule has 35 heavy (non-hydrogen) atoms. The molecule has 0 saturated carbocycles. The van der Waals surface area contributed by atoms with Crippen molar-refractivity contribution in [1.29, 1.82) is 0 Å². The van der Waals surface area contributed by atoms with Gasteiger partial charge in [-0.3, -0.25) is 0 Å². The van der Waals surface area contributed by atoms with Crippen LogP contribution in [0.15, 0.2) is 47.4 Å². The Morgan fingerprint density at radius 3 is 1.69 bits per heavy atom. The van der Waals surface area contributed by atoms with Crippen LogP contribution in [0.3, 0.4) is 0 Å². The molecular formula is C26H37KO7S. The van der Waals surface area contributed by atoms with Gasteiger partial charge >= 0.3 is 63.3 Å².